The first-order valence-corrected chi connectivity index (χ1v) is 9.47. The van der Waals surface area contributed by atoms with E-state index in [0.29, 0.717) is 23.1 Å². The fourth-order valence-corrected chi connectivity index (χ4v) is 3.07. The van der Waals surface area contributed by atoms with Crippen LogP contribution < -0.4 is 15.0 Å². The van der Waals surface area contributed by atoms with E-state index in [2.05, 4.69) is 25.8 Å². The van der Waals surface area contributed by atoms with Crippen LogP contribution in [0.4, 0.5) is 8.78 Å². The number of aromatic nitrogens is 2. The Morgan fingerprint density at radius 2 is 1.86 bits per heavy atom. The number of halogens is 3. The third-order valence-electron chi connectivity index (χ3n) is 4.02. The van der Waals surface area contributed by atoms with Crippen LogP contribution in [0, 0.1) is 0 Å². The molecule has 0 atom stereocenters. The fourth-order valence-electron chi connectivity index (χ4n) is 2.72. The minimum absolute atomic E-state index is 0.0976. The number of rotatable bonds is 7. The monoisotopic (exact) mass is 450 g/mol. The van der Waals surface area contributed by atoms with Crippen molar-refractivity contribution in [2.24, 2.45) is 0 Å². The normalized spacial score (nSPS) is 10.9. The Bertz CT molecular complexity index is 1020. The van der Waals surface area contributed by atoms with Crippen molar-refractivity contribution in [3.8, 4) is 22.8 Å². The van der Waals surface area contributed by atoms with E-state index in [1.54, 1.807) is 12.1 Å². The van der Waals surface area contributed by atoms with Crippen molar-refractivity contribution in [1.29, 1.82) is 0 Å². The Morgan fingerprint density at radius 3 is 2.57 bits per heavy atom. The van der Waals surface area contributed by atoms with Crippen molar-refractivity contribution in [3.63, 3.8) is 0 Å². The van der Waals surface area contributed by atoms with E-state index >= 15 is 0 Å². The minimum atomic E-state index is -2.98. The summed E-state index contributed by atoms with van der Waals surface area (Å²) < 4.78 is 36.2. The van der Waals surface area contributed by atoms with Gasteiger partial charge in [-0.1, -0.05) is 40.2 Å². The van der Waals surface area contributed by atoms with Gasteiger partial charge in [0.25, 0.3) is 5.56 Å². The van der Waals surface area contributed by atoms with Crippen LogP contribution in [0.1, 0.15) is 11.1 Å². The van der Waals surface area contributed by atoms with E-state index in [9.17, 15) is 13.6 Å². The largest absolute Gasteiger partial charge is 0.493 e. The maximum atomic E-state index is 12.6. The minimum Gasteiger partial charge on any atom is -0.493 e. The first kappa shape index (κ1) is 20.0. The number of nitrogens with zero attached hydrogens (tertiary/aromatic N) is 2. The van der Waals surface area contributed by atoms with E-state index in [1.165, 1.54) is 30.0 Å². The number of methoxy groups -OCH3 is 1. The Kier molecular flexibility index (Phi) is 6.41. The van der Waals surface area contributed by atoms with Gasteiger partial charge >= 0.3 is 6.61 Å². The maximum Gasteiger partial charge on any atom is 0.387 e. The molecule has 0 radical (unpaired) electrons. The summed E-state index contributed by atoms with van der Waals surface area (Å²) in [6.45, 7) is -2.68. The molecule has 146 valence electrons. The zero-order valence-corrected chi connectivity index (χ0v) is 16.5. The van der Waals surface area contributed by atoms with Gasteiger partial charge < -0.3 is 9.47 Å². The number of hydrogen-bond donors (Lipinski definition) is 0. The SMILES string of the molecule is COc1ccc(-c2ccc(=O)n(Cc3cccc(CBr)c3)n2)cc1OC(F)F. The molecule has 1 heterocycles. The standard InChI is InChI=1S/C20H17BrF2N2O3/c1-27-17-7-5-15(10-18(17)28-20(22)23)16-6-8-19(26)25(24-16)12-14-4-2-3-13(9-14)11-21/h2-10,20H,11-12H2,1H3. The molecule has 8 heteroatoms. The fraction of sp³-hybridized carbons (Fsp3) is 0.200. The molecule has 0 aliphatic heterocycles. The highest BCUT2D eigenvalue weighted by Crippen LogP contribution is 2.32. The zero-order chi connectivity index (χ0) is 20.1. The van der Waals surface area contributed by atoms with Crippen molar-refractivity contribution >= 4 is 15.9 Å². The highest BCUT2D eigenvalue weighted by atomic mass is 79.9. The molecule has 28 heavy (non-hydrogen) atoms. The van der Waals surface area contributed by atoms with Crippen LogP contribution in [0.5, 0.6) is 11.5 Å². The predicted molar refractivity (Wildman–Crippen MR) is 105 cm³/mol. The average molecular weight is 451 g/mol. The van der Waals surface area contributed by atoms with Gasteiger partial charge in [-0.2, -0.15) is 13.9 Å². The van der Waals surface area contributed by atoms with Crippen LogP contribution in [0.2, 0.25) is 0 Å². The molecule has 2 aromatic carbocycles. The lowest BCUT2D eigenvalue weighted by molar-refractivity contribution is -0.0511. The molecular formula is C20H17BrF2N2O3. The van der Waals surface area contributed by atoms with Crippen molar-refractivity contribution in [1.82, 2.24) is 9.78 Å². The summed E-state index contributed by atoms with van der Waals surface area (Å²) in [6, 6.07) is 15.3. The second-order valence-corrected chi connectivity index (χ2v) is 6.47. The summed E-state index contributed by atoms with van der Waals surface area (Å²) in [5.41, 5.74) is 2.74. The van der Waals surface area contributed by atoms with Gasteiger partial charge in [0.05, 0.1) is 19.3 Å². The zero-order valence-electron chi connectivity index (χ0n) is 14.9. The summed E-state index contributed by atoms with van der Waals surface area (Å²) in [7, 11) is 1.37. The lowest BCUT2D eigenvalue weighted by Crippen LogP contribution is -2.22. The molecule has 0 fully saturated rings. The Morgan fingerprint density at radius 1 is 1.07 bits per heavy atom. The van der Waals surface area contributed by atoms with E-state index in [-0.39, 0.29) is 17.1 Å². The number of alkyl halides is 3. The van der Waals surface area contributed by atoms with Crippen molar-refractivity contribution in [2.45, 2.75) is 18.5 Å². The van der Waals surface area contributed by atoms with Crippen molar-refractivity contribution in [2.75, 3.05) is 7.11 Å². The summed E-state index contributed by atoms with van der Waals surface area (Å²) in [5, 5.41) is 5.09. The summed E-state index contributed by atoms with van der Waals surface area (Å²) in [4.78, 5) is 12.2. The van der Waals surface area contributed by atoms with Crippen LogP contribution in [-0.4, -0.2) is 23.5 Å². The van der Waals surface area contributed by atoms with Crippen molar-refractivity contribution < 1.29 is 18.3 Å². The van der Waals surface area contributed by atoms with E-state index < -0.39 is 6.61 Å². The van der Waals surface area contributed by atoms with Crippen LogP contribution in [0.15, 0.2) is 59.4 Å². The molecule has 0 spiro atoms. The molecule has 0 aliphatic rings. The molecule has 3 rings (SSSR count). The highest BCUT2D eigenvalue weighted by Gasteiger charge is 2.13. The van der Waals surface area contributed by atoms with Gasteiger partial charge in [0, 0.05) is 17.0 Å². The molecule has 0 aliphatic carbocycles. The number of ether oxygens (including phenoxy) is 2. The van der Waals surface area contributed by atoms with E-state index in [4.69, 9.17) is 4.74 Å². The van der Waals surface area contributed by atoms with Gasteiger partial charge in [-0.25, -0.2) is 4.68 Å². The van der Waals surface area contributed by atoms with Crippen molar-refractivity contribution in [3.05, 3.63) is 76.1 Å². The smallest absolute Gasteiger partial charge is 0.387 e. The lowest BCUT2D eigenvalue weighted by atomic mass is 10.1. The molecular weight excluding hydrogens is 434 g/mol. The topological polar surface area (TPSA) is 53.4 Å². The summed E-state index contributed by atoms with van der Waals surface area (Å²) in [5.74, 6) is 0.0866. The quantitative estimate of drug-likeness (QED) is 0.498. The Hall–Kier alpha value is -2.74. The van der Waals surface area contributed by atoms with Gasteiger partial charge in [-0.3, -0.25) is 4.79 Å². The molecule has 0 unspecified atom stereocenters. The van der Waals surface area contributed by atoms with Gasteiger partial charge in [0.1, 0.15) is 0 Å². The Balaban J connectivity index is 1.95. The van der Waals surface area contributed by atoms with Gasteiger partial charge in [-0.05, 0) is 35.4 Å². The third-order valence-corrected chi connectivity index (χ3v) is 4.67. The summed E-state index contributed by atoms with van der Waals surface area (Å²) >= 11 is 3.41. The number of benzene rings is 2. The molecule has 1 aromatic heterocycles. The van der Waals surface area contributed by atoms with E-state index in [1.807, 2.05) is 24.3 Å². The number of hydrogen-bond acceptors (Lipinski definition) is 4. The molecule has 0 bridgehead atoms. The van der Waals surface area contributed by atoms with Gasteiger partial charge in [0.2, 0.25) is 0 Å². The second kappa shape index (κ2) is 8.97. The third kappa shape index (κ3) is 4.75. The molecule has 0 amide bonds. The highest BCUT2D eigenvalue weighted by molar-refractivity contribution is 9.08. The van der Waals surface area contributed by atoms with Crippen LogP contribution in [-0.2, 0) is 11.9 Å². The van der Waals surface area contributed by atoms with Gasteiger partial charge in [0.15, 0.2) is 11.5 Å². The first-order valence-electron chi connectivity index (χ1n) is 8.35. The predicted octanol–water partition coefficient (Wildman–Crippen LogP) is 4.46. The van der Waals surface area contributed by atoms with E-state index in [0.717, 1.165) is 11.1 Å². The van der Waals surface area contributed by atoms with Crippen LogP contribution in [0.3, 0.4) is 0 Å². The first-order chi connectivity index (χ1) is 13.5. The molecule has 0 N–H and O–H groups in total. The molecule has 0 saturated carbocycles. The molecule has 5 nitrogen and oxygen atoms in total. The Labute approximate surface area is 168 Å². The van der Waals surface area contributed by atoms with Crippen LogP contribution >= 0.6 is 15.9 Å². The second-order valence-electron chi connectivity index (χ2n) is 5.91. The maximum absolute atomic E-state index is 12.6. The molecule has 3 aromatic rings. The average Bonchev–Trinajstić information content (AvgIpc) is 2.69. The molecule has 0 saturated heterocycles. The van der Waals surface area contributed by atoms with Gasteiger partial charge in [-0.15, -0.1) is 0 Å². The van der Waals surface area contributed by atoms with Crippen LogP contribution in [0.25, 0.3) is 11.3 Å². The lowest BCUT2D eigenvalue weighted by Gasteiger charge is -2.12. The summed E-state index contributed by atoms with van der Waals surface area (Å²) in [6.07, 6.45) is 0.